The molecule has 100 valence electrons. The topological polar surface area (TPSA) is 81.4 Å². The monoisotopic (exact) mass is 270 g/mol. The van der Waals surface area contributed by atoms with Crippen LogP contribution in [0.2, 0.25) is 0 Å². The third kappa shape index (κ3) is 3.54. The number of rotatable bonds is 6. The van der Waals surface area contributed by atoms with E-state index in [1.54, 1.807) is 11.4 Å². The van der Waals surface area contributed by atoms with Gasteiger partial charge in [0.2, 0.25) is 5.91 Å². The Morgan fingerprint density at radius 1 is 1.56 bits per heavy atom. The fraction of sp³-hybridized carbons (Fsp3) is 0.500. The molecular formula is C12H18N2O3S. The molecule has 1 amide bonds. The van der Waals surface area contributed by atoms with Crippen molar-refractivity contribution in [2.24, 2.45) is 11.7 Å². The van der Waals surface area contributed by atoms with E-state index in [0.717, 1.165) is 12.8 Å². The summed E-state index contributed by atoms with van der Waals surface area (Å²) in [5.74, 6) is -0.816. The van der Waals surface area contributed by atoms with E-state index >= 15 is 0 Å². The van der Waals surface area contributed by atoms with Crippen LogP contribution in [0.15, 0.2) is 11.4 Å². The highest BCUT2D eigenvalue weighted by molar-refractivity contribution is 7.12. The molecule has 0 aliphatic carbocycles. The van der Waals surface area contributed by atoms with Gasteiger partial charge >= 0.3 is 5.97 Å². The highest BCUT2D eigenvalue weighted by atomic mass is 32.1. The maximum absolute atomic E-state index is 12.0. The molecule has 0 aliphatic heterocycles. The second-order valence-electron chi connectivity index (χ2n) is 3.87. The summed E-state index contributed by atoms with van der Waals surface area (Å²) in [5, 5.41) is 4.47. The first-order valence-corrected chi connectivity index (χ1v) is 6.68. The van der Waals surface area contributed by atoms with E-state index in [4.69, 9.17) is 5.73 Å². The summed E-state index contributed by atoms with van der Waals surface area (Å²) in [7, 11) is 1.31. The molecule has 0 radical (unpaired) electrons. The molecule has 0 spiro atoms. The fourth-order valence-corrected chi connectivity index (χ4v) is 2.36. The minimum atomic E-state index is -0.444. The molecule has 0 aliphatic rings. The number of methoxy groups -OCH3 is 1. The number of hydrogen-bond acceptors (Lipinski definition) is 5. The highest BCUT2D eigenvalue weighted by Crippen LogP contribution is 2.24. The van der Waals surface area contributed by atoms with Crippen molar-refractivity contribution in [3.63, 3.8) is 0 Å². The Bertz CT molecular complexity index is 417. The van der Waals surface area contributed by atoms with E-state index in [1.165, 1.54) is 18.4 Å². The number of nitrogens with two attached hydrogens (primary N) is 1. The van der Waals surface area contributed by atoms with Crippen molar-refractivity contribution >= 4 is 28.9 Å². The SMILES string of the molecule is CCCC(CN)C(=O)Nc1ccsc1C(=O)OC. The van der Waals surface area contributed by atoms with Crippen LogP contribution in [0.25, 0.3) is 0 Å². The number of carbonyl (C=O) groups excluding carboxylic acids is 2. The predicted molar refractivity (Wildman–Crippen MR) is 71.7 cm³/mol. The number of hydrogen-bond donors (Lipinski definition) is 2. The summed E-state index contributed by atoms with van der Waals surface area (Å²) < 4.78 is 4.65. The first-order chi connectivity index (χ1) is 8.63. The summed E-state index contributed by atoms with van der Waals surface area (Å²) in [6, 6.07) is 1.69. The molecule has 5 nitrogen and oxygen atoms in total. The van der Waals surface area contributed by atoms with Gasteiger partial charge in [-0.2, -0.15) is 0 Å². The summed E-state index contributed by atoms with van der Waals surface area (Å²) in [4.78, 5) is 23.8. The van der Waals surface area contributed by atoms with Crippen molar-refractivity contribution in [2.75, 3.05) is 19.0 Å². The zero-order valence-electron chi connectivity index (χ0n) is 10.6. The third-order valence-electron chi connectivity index (χ3n) is 2.59. The molecule has 18 heavy (non-hydrogen) atoms. The molecule has 1 unspecified atom stereocenters. The van der Waals surface area contributed by atoms with E-state index < -0.39 is 5.97 Å². The number of nitrogens with one attached hydrogen (secondary N) is 1. The molecule has 0 saturated carbocycles. The van der Waals surface area contributed by atoms with Crippen molar-refractivity contribution in [2.45, 2.75) is 19.8 Å². The van der Waals surface area contributed by atoms with E-state index in [-0.39, 0.29) is 11.8 Å². The minimum absolute atomic E-state index is 0.150. The lowest BCUT2D eigenvalue weighted by Crippen LogP contribution is -2.29. The summed E-state index contributed by atoms with van der Waals surface area (Å²) in [6.45, 7) is 2.30. The largest absolute Gasteiger partial charge is 0.465 e. The van der Waals surface area contributed by atoms with Crippen LogP contribution >= 0.6 is 11.3 Å². The van der Waals surface area contributed by atoms with Gasteiger partial charge < -0.3 is 15.8 Å². The van der Waals surface area contributed by atoms with Crippen LogP contribution in [0.3, 0.4) is 0 Å². The van der Waals surface area contributed by atoms with E-state index in [0.29, 0.717) is 17.1 Å². The molecule has 1 aromatic rings. The minimum Gasteiger partial charge on any atom is -0.465 e. The third-order valence-corrected chi connectivity index (χ3v) is 3.48. The van der Waals surface area contributed by atoms with Gasteiger partial charge in [0.15, 0.2) is 0 Å². The maximum atomic E-state index is 12.0. The number of carbonyl (C=O) groups is 2. The Kier molecular flexibility index (Phi) is 5.80. The average Bonchev–Trinajstić information content (AvgIpc) is 2.82. The molecule has 1 atom stereocenters. The first kappa shape index (κ1) is 14.7. The lowest BCUT2D eigenvalue weighted by atomic mass is 10.0. The van der Waals surface area contributed by atoms with Crippen LogP contribution < -0.4 is 11.1 Å². The predicted octanol–water partition coefficient (Wildman–Crippen LogP) is 1.85. The molecule has 1 heterocycles. The van der Waals surface area contributed by atoms with Crippen LogP contribution in [-0.2, 0) is 9.53 Å². The lowest BCUT2D eigenvalue weighted by molar-refractivity contribution is -0.119. The average molecular weight is 270 g/mol. The van der Waals surface area contributed by atoms with Gasteiger partial charge in [0.05, 0.1) is 18.7 Å². The first-order valence-electron chi connectivity index (χ1n) is 5.80. The van der Waals surface area contributed by atoms with E-state index in [1.807, 2.05) is 6.92 Å². The maximum Gasteiger partial charge on any atom is 0.350 e. The number of anilines is 1. The highest BCUT2D eigenvalue weighted by Gasteiger charge is 2.20. The second kappa shape index (κ2) is 7.13. The van der Waals surface area contributed by atoms with Gasteiger partial charge in [-0.05, 0) is 17.9 Å². The summed E-state index contributed by atoms with van der Waals surface area (Å²) >= 11 is 1.24. The Balaban J connectivity index is 2.75. The Hall–Kier alpha value is -1.40. The molecule has 1 aromatic heterocycles. The standard InChI is InChI=1S/C12H18N2O3S/c1-3-4-8(7-13)11(15)14-9-5-6-18-10(9)12(16)17-2/h5-6,8H,3-4,7,13H2,1-2H3,(H,14,15). The van der Waals surface area contributed by atoms with Gasteiger partial charge in [-0.25, -0.2) is 4.79 Å². The van der Waals surface area contributed by atoms with Gasteiger partial charge in [-0.1, -0.05) is 13.3 Å². The smallest absolute Gasteiger partial charge is 0.350 e. The molecule has 0 aromatic carbocycles. The molecule has 1 rings (SSSR count). The zero-order chi connectivity index (χ0) is 13.5. The van der Waals surface area contributed by atoms with Gasteiger partial charge in [-0.15, -0.1) is 11.3 Å². The van der Waals surface area contributed by atoms with Gasteiger partial charge in [-0.3, -0.25) is 4.79 Å². The van der Waals surface area contributed by atoms with Gasteiger partial charge in [0.25, 0.3) is 0 Å². The van der Waals surface area contributed by atoms with Crippen molar-refractivity contribution < 1.29 is 14.3 Å². The molecule has 0 saturated heterocycles. The van der Waals surface area contributed by atoms with Crippen LogP contribution in [-0.4, -0.2) is 25.5 Å². The molecule has 3 N–H and O–H groups in total. The molecule has 6 heteroatoms. The summed E-state index contributed by atoms with van der Waals surface area (Å²) in [5.41, 5.74) is 6.05. The van der Waals surface area contributed by atoms with Crippen molar-refractivity contribution in [3.8, 4) is 0 Å². The summed E-state index contributed by atoms with van der Waals surface area (Å²) in [6.07, 6.45) is 1.63. The van der Waals surface area contributed by atoms with Crippen molar-refractivity contribution in [1.82, 2.24) is 0 Å². The van der Waals surface area contributed by atoms with E-state index in [9.17, 15) is 9.59 Å². The van der Waals surface area contributed by atoms with Crippen molar-refractivity contribution in [3.05, 3.63) is 16.3 Å². The van der Waals surface area contributed by atoms with Crippen molar-refractivity contribution in [1.29, 1.82) is 0 Å². The quantitative estimate of drug-likeness (QED) is 0.773. The zero-order valence-corrected chi connectivity index (χ0v) is 11.4. The van der Waals surface area contributed by atoms with Gasteiger partial charge in [0, 0.05) is 6.54 Å². The Labute approximate surface area is 110 Å². The molecule has 0 fully saturated rings. The molecule has 0 bridgehead atoms. The Morgan fingerprint density at radius 3 is 2.83 bits per heavy atom. The van der Waals surface area contributed by atoms with Crippen LogP contribution in [0, 0.1) is 5.92 Å². The number of amides is 1. The fourth-order valence-electron chi connectivity index (χ4n) is 1.60. The number of thiophene rings is 1. The number of esters is 1. The van der Waals surface area contributed by atoms with Gasteiger partial charge in [0.1, 0.15) is 4.88 Å². The second-order valence-corrected chi connectivity index (χ2v) is 4.78. The normalized spacial score (nSPS) is 11.9. The number of ether oxygens (including phenoxy) is 1. The van der Waals surface area contributed by atoms with E-state index in [2.05, 4.69) is 10.1 Å². The Morgan fingerprint density at radius 2 is 2.28 bits per heavy atom. The van der Waals surface area contributed by atoms with Crippen LogP contribution in [0.1, 0.15) is 29.4 Å². The lowest BCUT2D eigenvalue weighted by Gasteiger charge is -2.13. The van der Waals surface area contributed by atoms with Crippen LogP contribution in [0.5, 0.6) is 0 Å². The molecular weight excluding hydrogens is 252 g/mol. The van der Waals surface area contributed by atoms with Crippen LogP contribution in [0.4, 0.5) is 5.69 Å².